The van der Waals surface area contributed by atoms with E-state index in [1.54, 1.807) is 0 Å². The third-order valence-corrected chi connectivity index (χ3v) is 3.73. The van der Waals surface area contributed by atoms with E-state index in [0.717, 1.165) is 19.3 Å². The molecule has 0 aliphatic carbocycles. The Labute approximate surface area is 126 Å². The molecule has 0 radical (unpaired) electrons. The normalized spacial score (nSPS) is 16.2. The van der Waals surface area contributed by atoms with Crippen molar-refractivity contribution in [2.24, 2.45) is 21.9 Å². The Kier molecular flexibility index (Phi) is 9.52. The van der Waals surface area contributed by atoms with Gasteiger partial charge in [-0.15, -0.1) is 0 Å². The number of aliphatic imine (C=N–C) groups is 1. The molecular weight excluding hydrogens is 246 g/mol. The second kappa shape index (κ2) is 9.95. The van der Waals surface area contributed by atoms with Crippen molar-refractivity contribution in [2.45, 2.75) is 79.8 Å². The molecule has 0 fully saturated rings. The standard InChI is InChI=1S/C17H35N3/c1-9-17(10-11-18-8)16(7)20(14(4)5)19-15(6)12-13(2)3/h11,13-14,16-17H,9-10,12H2,1-8H3/b18-11?,19-15+. The molecule has 0 aliphatic rings. The van der Waals surface area contributed by atoms with Crippen LogP contribution in [0.5, 0.6) is 0 Å². The summed E-state index contributed by atoms with van der Waals surface area (Å²) in [4.78, 5) is 4.13. The highest BCUT2D eigenvalue weighted by molar-refractivity contribution is 5.81. The van der Waals surface area contributed by atoms with E-state index in [2.05, 4.69) is 58.5 Å². The maximum absolute atomic E-state index is 4.90. The number of hydrazone groups is 1. The van der Waals surface area contributed by atoms with Crippen LogP contribution in [0.3, 0.4) is 0 Å². The second-order valence-electron chi connectivity index (χ2n) is 6.49. The minimum absolute atomic E-state index is 0.430. The van der Waals surface area contributed by atoms with Gasteiger partial charge in [-0.1, -0.05) is 27.2 Å². The molecule has 0 saturated carbocycles. The van der Waals surface area contributed by atoms with Gasteiger partial charge >= 0.3 is 0 Å². The Hall–Kier alpha value is -0.860. The van der Waals surface area contributed by atoms with Gasteiger partial charge in [0, 0.05) is 24.8 Å². The molecule has 20 heavy (non-hydrogen) atoms. The van der Waals surface area contributed by atoms with E-state index in [1.165, 1.54) is 5.71 Å². The molecule has 2 atom stereocenters. The van der Waals surface area contributed by atoms with Crippen molar-refractivity contribution in [1.82, 2.24) is 5.01 Å². The first-order valence-corrected chi connectivity index (χ1v) is 8.06. The number of nitrogens with zero attached hydrogens (tertiary/aromatic N) is 3. The molecule has 0 N–H and O–H groups in total. The summed E-state index contributed by atoms with van der Waals surface area (Å²) in [6.07, 6.45) is 5.31. The van der Waals surface area contributed by atoms with Crippen LogP contribution < -0.4 is 0 Å². The monoisotopic (exact) mass is 281 g/mol. The molecule has 0 amide bonds. The highest BCUT2D eigenvalue weighted by atomic mass is 15.5. The van der Waals surface area contributed by atoms with Crippen LogP contribution in [0.25, 0.3) is 0 Å². The smallest absolute Gasteiger partial charge is 0.0477 e. The van der Waals surface area contributed by atoms with Gasteiger partial charge in [-0.2, -0.15) is 5.10 Å². The average molecular weight is 281 g/mol. The van der Waals surface area contributed by atoms with Crippen molar-refractivity contribution >= 4 is 11.9 Å². The Morgan fingerprint density at radius 3 is 2.15 bits per heavy atom. The maximum atomic E-state index is 4.90. The van der Waals surface area contributed by atoms with Crippen LogP contribution in [0.4, 0.5) is 0 Å². The van der Waals surface area contributed by atoms with E-state index in [4.69, 9.17) is 5.10 Å². The van der Waals surface area contributed by atoms with Gasteiger partial charge in [0.15, 0.2) is 0 Å². The molecule has 0 aromatic heterocycles. The molecule has 3 heteroatoms. The van der Waals surface area contributed by atoms with E-state index in [9.17, 15) is 0 Å². The summed E-state index contributed by atoms with van der Waals surface area (Å²) in [6, 6.07) is 0.875. The van der Waals surface area contributed by atoms with Crippen LogP contribution in [0, 0.1) is 11.8 Å². The number of hydrogen-bond acceptors (Lipinski definition) is 3. The van der Waals surface area contributed by atoms with Gasteiger partial charge in [-0.3, -0.25) is 5.01 Å². The van der Waals surface area contributed by atoms with Crippen LogP contribution in [-0.4, -0.2) is 36.1 Å². The van der Waals surface area contributed by atoms with Crippen molar-refractivity contribution in [3.05, 3.63) is 0 Å². The van der Waals surface area contributed by atoms with Crippen LogP contribution in [-0.2, 0) is 0 Å². The highest BCUT2D eigenvalue weighted by Gasteiger charge is 2.23. The van der Waals surface area contributed by atoms with E-state index < -0.39 is 0 Å². The molecule has 0 bridgehead atoms. The highest BCUT2D eigenvalue weighted by Crippen LogP contribution is 2.21. The molecule has 0 aliphatic heterocycles. The van der Waals surface area contributed by atoms with Gasteiger partial charge in [-0.25, -0.2) is 0 Å². The van der Waals surface area contributed by atoms with Gasteiger partial charge < -0.3 is 4.99 Å². The van der Waals surface area contributed by atoms with Gasteiger partial charge in [0.25, 0.3) is 0 Å². The fourth-order valence-electron chi connectivity index (χ4n) is 2.67. The largest absolute Gasteiger partial charge is 0.301 e. The SMILES string of the molecule is CCC(CC=NC)C(C)N(/N=C(\C)CC(C)C)C(C)C. The summed E-state index contributed by atoms with van der Waals surface area (Å²) in [6.45, 7) is 15.6. The summed E-state index contributed by atoms with van der Waals surface area (Å²) in [7, 11) is 1.85. The number of hydrogen-bond donors (Lipinski definition) is 0. The minimum Gasteiger partial charge on any atom is -0.301 e. The third-order valence-electron chi connectivity index (χ3n) is 3.73. The number of rotatable bonds is 9. The molecule has 0 spiro atoms. The van der Waals surface area contributed by atoms with Crippen molar-refractivity contribution in [3.8, 4) is 0 Å². The molecule has 0 heterocycles. The van der Waals surface area contributed by atoms with E-state index in [-0.39, 0.29) is 0 Å². The van der Waals surface area contributed by atoms with Crippen molar-refractivity contribution in [2.75, 3.05) is 7.05 Å². The average Bonchev–Trinajstić information content (AvgIpc) is 2.35. The van der Waals surface area contributed by atoms with Gasteiger partial charge in [-0.05, 0) is 58.6 Å². The van der Waals surface area contributed by atoms with E-state index in [0.29, 0.717) is 23.9 Å². The lowest BCUT2D eigenvalue weighted by Crippen LogP contribution is -2.40. The first-order valence-electron chi connectivity index (χ1n) is 8.06. The van der Waals surface area contributed by atoms with Crippen molar-refractivity contribution < 1.29 is 0 Å². The molecule has 2 unspecified atom stereocenters. The predicted molar refractivity (Wildman–Crippen MR) is 91.8 cm³/mol. The van der Waals surface area contributed by atoms with Gasteiger partial charge in [0.2, 0.25) is 0 Å². The Morgan fingerprint density at radius 2 is 1.75 bits per heavy atom. The molecule has 118 valence electrons. The first kappa shape index (κ1) is 19.1. The Morgan fingerprint density at radius 1 is 1.15 bits per heavy atom. The predicted octanol–water partition coefficient (Wildman–Crippen LogP) is 4.62. The van der Waals surface area contributed by atoms with Crippen LogP contribution >= 0.6 is 0 Å². The molecule has 0 aromatic carbocycles. The molecule has 3 nitrogen and oxygen atoms in total. The van der Waals surface area contributed by atoms with Crippen molar-refractivity contribution in [1.29, 1.82) is 0 Å². The zero-order valence-electron chi connectivity index (χ0n) is 14.8. The van der Waals surface area contributed by atoms with E-state index in [1.807, 2.05) is 13.3 Å². The van der Waals surface area contributed by atoms with E-state index >= 15 is 0 Å². The Bertz CT molecular complexity index is 305. The zero-order chi connectivity index (χ0) is 15.7. The summed E-state index contributed by atoms with van der Waals surface area (Å²) >= 11 is 0. The molecule has 0 rings (SSSR count). The third kappa shape index (κ3) is 7.06. The minimum atomic E-state index is 0.430. The molecular formula is C17H35N3. The fourth-order valence-corrected chi connectivity index (χ4v) is 2.67. The lowest BCUT2D eigenvalue weighted by Gasteiger charge is -2.35. The maximum Gasteiger partial charge on any atom is 0.0477 e. The second-order valence-corrected chi connectivity index (χ2v) is 6.49. The quantitative estimate of drug-likeness (QED) is 0.447. The first-order chi connectivity index (χ1) is 9.33. The van der Waals surface area contributed by atoms with Crippen molar-refractivity contribution in [3.63, 3.8) is 0 Å². The summed E-state index contributed by atoms with van der Waals surface area (Å²) in [5.74, 6) is 1.27. The topological polar surface area (TPSA) is 28.0 Å². The lowest BCUT2D eigenvalue weighted by molar-refractivity contribution is 0.123. The Balaban J connectivity index is 4.96. The molecule has 0 saturated heterocycles. The van der Waals surface area contributed by atoms with Gasteiger partial charge in [0.1, 0.15) is 0 Å². The summed E-state index contributed by atoms with van der Waals surface area (Å²) in [5.41, 5.74) is 1.24. The zero-order valence-corrected chi connectivity index (χ0v) is 14.8. The fraction of sp³-hybridized carbons (Fsp3) is 0.882. The summed E-state index contributed by atoms with van der Waals surface area (Å²) in [5, 5.41) is 7.19. The lowest BCUT2D eigenvalue weighted by atomic mass is 9.94. The van der Waals surface area contributed by atoms with Crippen LogP contribution in [0.15, 0.2) is 10.1 Å². The summed E-state index contributed by atoms with van der Waals surface area (Å²) < 4.78 is 0. The van der Waals surface area contributed by atoms with Crippen LogP contribution in [0.1, 0.15) is 67.7 Å². The van der Waals surface area contributed by atoms with Gasteiger partial charge in [0.05, 0.1) is 0 Å². The molecule has 0 aromatic rings. The van der Waals surface area contributed by atoms with Crippen LogP contribution in [0.2, 0.25) is 0 Å².